The number of amides is 1. The topological polar surface area (TPSA) is 79.7 Å². The van der Waals surface area contributed by atoms with Gasteiger partial charge in [0.15, 0.2) is 0 Å². The van der Waals surface area contributed by atoms with Gasteiger partial charge in [-0.3, -0.25) is 14.6 Å². The summed E-state index contributed by atoms with van der Waals surface area (Å²) in [5.74, 6) is -1.92. The van der Waals surface area contributed by atoms with E-state index >= 15 is 0 Å². The number of carbonyl (C=O) groups is 2. The molecule has 1 aromatic heterocycles. The van der Waals surface area contributed by atoms with Crippen LogP contribution in [0, 0.1) is 11.8 Å². The molecule has 24 heavy (non-hydrogen) atoms. The van der Waals surface area contributed by atoms with Crippen molar-refractivity contribution in [1.82, 2.24) is 9.88 Å². The summed E-state index contributed by atoms with van der Waals surface area (Å²) in [6, 6.07) is 5.61. The predicted octanol–water partition coefficient (Wildman–Crippen LogP) is 2.34. The van der Waals surface area contributed by atoms with E-state index in [-0.39, 0.29) is 5.91 Å². The van der Waals surface area contributed by atoms with Crippen LogP contribution in [0.4, 0.5) is 0 Å². The minimum absolute atomic E-state index is 0.0659. The number of hydrogen-bond donors (Lipinski definition) is 1. The smallest absolute Gasteiger partial charge is 0.307 e. The summed E-state index contributed by atoms with van der Waals surface area (Å²) >= 11 is 0. The van der Waals surface area contributed by atoms with Gasteiger partial charge in [0.2, 0.25) is 5.91 Å². The maximum Gasteiger partial charge on any atom is 0.307 e. The highest BCUT2D eigenvalue weighted by Crippen LogP contribution is 2.32. The van der Waals surface area contributed by atoms with Crippen LogP contribution in [-0.2, 0) is 20.9 Å². The van der Waals surface area contributed by atoms with Crippen LogP contribution in [-0.4, -0.2) is 47.1 Å². The fraction of sp³-hybridized carbons (Fsp3) is 0.611. The van der Waals surface area contributed by atoms with Gasteiger partial charge in [0, 0.05) is 26.5 Å². The van der Waals surface area contributed by atoms with Crippen molar-refractivity contribution in [3.63, 3.8) is 0 Å². The lowest BCUT2D eigenvalue weighted by Gasteiger charge is -2.32. The van der Waals surface area contributed by atoms with Gasteiger partial charge in [-0.25, -0.2) is 0 Å². The van der Waals surface area contributed by atoms with Crippen molar-refractivity contribution in [3.8, 4) is 0 Å². The molecular formula is C18H26N2O4. The van der Waals surface area contributed by atoms with Crippen molar-refractivity contribution in [1.29, 1.82) is 0 Å². The molecule has 2 unspecified atom stereocenters. The molecule has 0 spiro atoms. The van der Waals surface area contributed by atoms with Gasteiger partial charge in [0.1, 0.15) is 0 Å². The fourth-order valence-electron chi connectivity index (χ4n) is 3.31. The maximum atomic E-state index is 13.0. The summed E-state index contributed by atoms with van der Waals surface area (Å²) in [4.78, 5) is 30.5. The number of ether oxygens (including phenoxy) is 1. The van der Waals surface area contributed by atoms with E-state index in [0.29, 0.717) is 32.5 Å². The SMILES string of the molecule is COCCCN(Cc1ccccn1)C(=O)C1CCCCC1C(=O)O. The number of rotatable bonds is 8. The normalized spacial score (nSPS) is 20.5. The van der Waals surface area contributed by atoms with Crippen LogP contribution in [0.1, 0.15) is 37.8 Å². The number of carbonyl (C=O) groups excluding carboxylic acids is 1. The van der Waals surface area contributed by atoms with Crippen LogP contribution in [0.15, 0.2) is 24.4 Å². The van der Waals surface area contributed by atoms with Gasteiger partial charge in [0.05, 0.1) is 24.1 Å². The van der Waals surface area contributed by atoms with Gasteiger partial charge in [0.25, 0.3) is 0 Å². The second-order valence-electron chi connectivity index (χ2n) is 6.26. The quantitative estimate of drug-likeness (QED) is 0.738. The Morgan fingerprint density at radius 3 is 2.67 bits per heavy atom. The average molecular weight is 334 g/mol. The van der Waals surface area contributed by atoms with Gasteiger partial charge in [-0.05, 0) is 31.4 Å². The summed E-state index contributed by atoms with van der Waals surface area (Å²) < 4.78 is 5.08. The number of aromatic nitrogens is 1. The zero-order valence-electron chi connectivity index (χ0n) is 14.2. The summed E-state index contributed by atoms with van der Waals surface area (Å²) in [6.45, 7) is 1.53. The monoisotopic (exact) mass is 334 g/mol. The molecule has 0 aromatic carbocycles. The molecule has 2 atom stereocenters. The highest BCUT2D eigenvalue weighted by molar-refractivity contribution is 5.85. The Morgan fingerprint density at radius 2 is 2.04 bits per heavy atom. The number of carboxylic acid groups (broad SMARTS) is 1. The summed E-state index contributed by atoms with van der Waals surface area (Å²) in [5, 5.41) is 9.44. The number of aliphatic carboxylic acids is 1. The van der Waals surface area contributed by atoms with E-state index in [1.807, 2.05) is 18.2 Å². The number of methoxy groups -OCH3 is 1. The second-order valence-corrected chi connectivity index (χ2v) is 6.26. The van der Waals surface area contributed by atoms with Crippen molar-refractivity contribution in [2.75, 3.05) is 20.3 Å². The number of hydrogen-bond acceptors (Lipinski definition) is 4. The first-order valence-corrected chi connectivity index (χ1v) is 8.54. The molecule has 0 saturated heterocycles. The molecule has 0 radical (unpaired) electrons. The Balaban J connectivity index is 2.11. The molecule has 1 aliphatic carbocycles. The van der Waals surface area contributed by atoms with Crippen LogP contribution in [0.5, 0.6) is 0 Å². The molecule has 0 bridgehead atoms. The summed E-state index contributed by atoms with van der Waals surface area (Å²) in [7, 11) is 1.63. The Kier molecular flexibility index (Phi) is 7.18. The molecule has 6 nitrogen and oxygen atoms in total. The van der Waals surface area contributed by atoms with Gasteiger partial charge in [-0.15, -0.1) is 0 Å². The highest BCUT2D eigenvalue weighted by Gasteiger charge is 2.37. The van der Waals surface area contributed by atoms with Crippen molar-refractivity contribution >= 4 is 11.9 Å². The van der Waals surface area contributed by atoms with Crippen molar-refractivity contribution in [2.24, 2.45) is 11.8 Å². The number of pyridine rings is 1. The van der Waals surface area contributed by atoms with E-state index in [9.17, 15) is 14.7 Å². The van der Waals surface area contributed by atoms with Crippen LogP contribution in [0.3, 0.4) is 0 Å². The molecule has 1 amide bonds. The molecule has 1 heterocycles. The molecule has 1 aromatic rings. The first-order valence-electron chi connectivity index (χ1n) is 8.54. The zero-order chi connectivity index (χ0) is 17.4. The van der Waals surface area contributed by atoms with Crippen LogP contribution >= 0.6 is 0 Å². The third-order valence-corrected chi connectivity index (χ3v) is 4.57. The van der Waals surface area contributed by atoms with Crippen LogP contribution in [0.25, 0.3) is 0 Å². The average Bonchev–Trinajstić information content (AvgIpc) is 2.61. The zero-order valence-corrected chi connectivity index (χ0v) is 14.2. The molecule has 0 aliphatic heterocycles. The predicted molar refractivity (Wildman–Crippen MR) is 89.2 cm³/mol. The molecule has 132 valence electrons. The van der Waals surface area contributed by atoms with E-state index in [2.05, 4.69) is 4.98 Å². The molecule has 6 heteroatoms. The molecule has 1 N–H and O–H groups in total. The molecular weight excluding hydrogens is 308 g/mol. The number of nitrogens with zero attached hydrogens (tertiary/aromatic N) is 2. The third kappa shape index (κ3) is 5.03. The first-order chi connectivity index (χ1) is 11.6. The summed E-state index contributed by atoms with van der Waals surface area (Å²) in [5.41, 5.74) is 0.811. The van der Waals surface area contributed by atoms with Crippen molar-refractivity contribution < 1.29 is 19.4 Å². The van der Waals surface area contributed by atoms with E-state index < -0.39 is 17.8 Å². The minimum Gasteiger partial charge on any atom is -0.481 e. The lowest BCUT2D eigenvalue weighted by molar-refractivity contribution is -0.152. The molecule has 2 rings (SSSR count). The van der Waals surface area contributed by atoms with Crippen molar-refractivity contribution in [2.45, 2.75) is 38.6 Å². The second kappa shape index (κ2) is 9.37. The number of carboxylic acids is 1. The Labute approximate surface area is 142 Å². The lowest BCUT2D eigenvalue weighted by Crippen LogP contribution is -2.43. The fourth-order valence-corrected chi connectivity index (χ4v) is 3.31. The molecule has 1 saturated carbocycles. The lowest BCUT2D eigenvalue weighted by atomic mass is 9.78. The third-order valence-electron chi connectivity index (χ3n) is 4.57. The first kappa shape index (κ1) is 18.4. The van der Waals surface area contributed by atoms with Crippen molar-refractivity contribution in [3.05, 3.63) is 30.1 Å². The maximum absolute atomic E-state index is 13.0. The Hall–Kier alpha value is -1.95. The van der Waals surface area contributed by atoms with Gasteiger partial charge in [-0.2, -0.15) is 0 Å². The Morgan fingerprint density at radius 1 is 1.29 bits per heavy atom. The van der Waals surface area contributed by atoms with E-state index in [1.54, 1.807) is 18.2 Å². The summed E-state index contributed by atoms with van der Waals surface area (Å²) in [6.07, 6.45) is 5.45. The molecule has 1 aliphatic rings. The van der Waals surface area contributed by atoms with Crippen LogP contribution < -0.4 is 0 Å². The van der Waals surface area contributed by atoms with E-state index in [4.69, 9.17) is 4.74 Å². The highest BCUT2D eigenvalue weighted by atomic mass is 16.5. The van der Waals surface area contributed by atoms with E-state index in [1.165, 1.54) is 0 Å². The van der Waals surface area contributed by atoms with Gasteiger partial charge >= 0.3 is 5.97 Å². The van der Waals surface area contributed by atoms with Gasteiger partial charge in [-0.1, -0.05) is 18.9 Å². The van der Waals surface area contributed by atoms with Gasteiger partial charge < -0.3 is 14.7 Å². The molecule has 1 fully saturated rings. The minimum atomic E-state index is -0.859. The standard InChI is InChI=1S/C18H26N2O4/c1-24-12-6-11-20(13-14-7-4-5-10-19-14)17(21)15-8-2-3-9-16(15)18(22)23/h4-5,7,10,15-16H,2-3,6,8-9,11-13H2,1H3,(H,22,23). The Bertz CT molecular complexity index is 535. The van der Waals surface area contributed by atoms with E-state index in [0.717, 1.165) is 25.0 Å². The largest absolute Gasteiger partial charge is 0.481 e. The van der Waals surface area contributed by atoms with Crippen LogP contribution in [0.2, 0.25) is 0 Å².